The van der Waals surface area contributed by atoms with E-state index in [-0.39, 0.29) is 13.2 Å². The van der Waals surface area contributed by atoms with E-state index in [0.717, 1.165) is 0 Å². The molecule has 1 unspecified atom stereocenters. The van der Waals surface area contributed by atoms with Crippen molar-refractivity contribution in [2.45, 2.75) is 32.5 Å². The normalized spacial score (nSPS) is 17.1. The van der Waals surface area contributed by atoms with Crippen molar-refractivity contribution in [3.05, 3.63) is 35.9 Å². The minimum absolute atomic E-state index is 0.112. The number of esters is 2. The van der Waals surface area contributed by atoms with Crippen LogP contribution < -0.4 is 9.47 Å². The second-order valence-electron chi connectivity index (χ2n) is 6.81. The van der Waals surface area contributed by atoms with Crippen LogP contribution in [0.3, 0.4) is 0 Å². The first-order valence-electron chi connectivity index (χ1n) is 9.35. The Kier molecular flexibility index (Phi) is 7.68. The molecule has 0 spiro atoms. The first-order chi connectivity index (χ1) is 14.2. The molecule has 0 bridgehead atoms. The van der Waals surface area contributed by atoms with Crippen LogP contribution in [0.25, 0.3) is 0 Å². The van der Waals surface area contributed by atoms with E-state index in [4.69, 9.17) is 28.4 Å². The summed E-state index contributed by atoms with van der Waals surface area (Å²) in [5.74, 6) is -3.88. The van der Waals surface area contributed by atoms with E-state index in [1.807, 2.05) is 0 Å². The average molecular weight is 422 g/mol. The number of hydrogen-bond acceptors (Lipinski definition) is 9. The molecule has 1 aliphatic rings. The summed E-state index contributed by atoms with van der Waals surface area (Å²) in [5.41, 5.74) is 0.553. The van der Waals surface area contributed by atoms with Gasteiger partial charge >= 0.3 is 18.1 Å². The van der Waals surface area contributed by atoms with Crippen LogP contribution >= 0.6 is 0 Å². The van der Waals surface area contributed by atoms with Crippen molar-refractivity contribution in [3.8, 4) is 11.5 Å². The minimum Gasteiger partial charge on any atom is -0.497 e. The minimum atomic E-state index is -1.35. The largest absolute Gasteiger partial charge is 0.508 e. The van der Waals surface area contributed by atoms with Gasteiger partial charge in [-0.05, 0) is 24.6 Å². The van der Waals surface area contributed by atoms with Crippen LogP contribution in [0, 0.1) is 5.92 Å². The van der Waals surface area contributed by atoms with Crippen LogP contribution in [-0.2, 0) is 28.5 Å². The SMILES string of the molecule is CCOC(=O)OC/C=C/C(c1cc(OC)cc(OC)c1)C1C(=O)OC(C)(C)OC1=O. The molecule has 0 N–H and O–H groups in total. The molecule has 1 saturated heterocycles. The Morgan fingerprint density at radius 3 is 2.13 bits per heavy atom. The topological polar surface area (TPSA) is 107 Å². The van der Waals surface area contributed by atoms with Crippen molar-refractivity contribution in [2.75, 3.05) is 27.4 Å². The lowest BCUT2D eigenvalue weighted by Gasteiger charge is -2.35. The highest BCUT2D eigenvalue weighted by Crippen LogP contribution is 2.37. The Morgan fingerprint density at radius 2 is 1.63 bits per heavy atom. The lowest BCUT2D eigenvalue weighted by atomic mass is 9.84. The van der Waals surface area contributed by atoms with E-state index >= 15 is 0 Å². The van der Waals surface area contributed by atoms with E-state index in [9.17, 15) is 14.4 Å². The van der Waals surface area contributed by atoms with E-state index in [2.05, 4.69) is 0 Å². The molecule has 0 radical (unpaired) electrons. The molecule has 0 saturated carbocycles. The monoisotopic (exact) mass is 422 g/mol. The van der Waals surface area contributed by atoms with Crippen molar-refractivity contribution in [3.63, 3.8) is 0 Å². The summed E-state index contributed by atoms with van der Waals surface area (Å²) < 4.78 is 30.7. The summed E-state index contributed by atoms with van der Waals surface area (Å²) in [6.07, 6.45) is 2.26. The maximum Gasteiger partial charge on any atom is 0.508 e. The predicted octanol–water partition coefficient (Wildman–Crippen LogP) is 2.97. The molecule has 1 heterocycles. The number of carbonyl (C=O) groups excluding carboxylic acids is 3. The van der Waals surface area contributed by atoms with Crippen molar-refractivity contribution < 1.29 is 42.8 Å². The number of ether oxygens (including phenoxy) is 6. The number of hydrogen-bond donors (Lipinski definition) is 0. The Morgan fingerprint density at radius 1 is 1.07 bits per heavy atom. The molecule has 2 rings (SSSR count). The highest BCUT2D eigenvalue weighted by atomic mass is 16.7. The lowest BCUT2D eigenvalue weighted by Crippen LogP contribution is -2.48. The molecule has 1 aliphatic heterocycles. The van der Waals surface area contributed by atoms with E-state index < -0.39 is 35.7 Å². The van der Waals surface area contributed by atoms with Crippen molar-refractivity contribution in [2.24, 2.45) is 5.92 Å². The van der Waals surface area contributed by atoms with Gasteiger partial charge in [-0.3, -0.25) is 9.59 Å². The fourth-order valence-electron chi connectivity index (χ4n) is 2.94. The molecule has 1 atom stereocenters. The molecule has 1 fully saturated rings. The molecular formula is C21H26O9. The molecule has 0 aromatic heterocycles. The zero-order valence-electron chi connectivity index (χ0n) is 17.6. The van der Waals surface area contributed by atoms with Crippen molar-refractivity contribution >= 4 is 18.1 Å². The van der Waals surface area contributed by atoms with Gasteiger partial charge in [0.1, 0.15) is 18.1 Å². The van der Waals surface area contributed by atoms with Crippen molar-refractivity contribution in [1.82, 2.24) is 0 Å². The van der Waals surface area contributed by atoms with Crippen LogP contribution in [0.15, 0.2) is 30.4 Å². The third-order valence-corrected chi connectivity index (χ3v) is 4.22. The smallest absolute Gasteiger partial charge is 0.497 e. The highest BCUT2D eigenvalue weighted by molar-refractivity contribution is 5.98. The van der Waals surface area contributed by atoms with Gasteiger partial charge in [-0.15, -0.1) is 0 Å². The quantitative estimate of drug-likeness (QED) is 0.355. The van der Waals surface area contributed by atoms with Crippen LogP contribution in [0.4, 0.5) is 4.79 Å². The number of benzene rings is 1. The molecule has 1 aromatic rings. The number of allylic oxidation sites excluding steroid dienone is 1. The van der Waals surface area contributed by atoms with Crippen molar-refractivity contribution in [1.29, 1.82) is 0 Å². The van der Waals surface area contributed by atoms with Gasteiger partial charge in [0.2, 0.25) is 0 Å². The van der Waals surface area contributed by atoms with Crippen LogP contribution in [-0.4, -0.2) is 51.3 Å². The molecule has 164 valence electrons. The second kappa shape index (κ2) is 10.00. The fraction of sp³-hybridized carbons (Fsp3) is 0.476. The van der Waals surface area contributed by atoms with Gasteiger partial charge in [-0.2, -0.15) is 0 Å². The zero-order valence-corrected chi connectivity index (χ0v) is 17.6. The molecule has 30 heavy (non-hydrogen) atoms. The molecule has 0 amide bonds. The summed E-state index contributed by atoms with van der Waals surface area (Å²) in [5, 5.41) is 0. The van der Waals surface area contributed by atoms with Gasteiger partial charge in [0.25, 0.3) is 5.79 Å². The molecule has 9 heteroatoms. The summed E-state index contributed by atoms with van der Waals surface area (Å²) in [4.78, 5) is 36.6. The van der Waals surface area contributed by atoms with E-state index in [0.29, 0.717) is 17.1 Å². The predicted molar refractivity (Wildman–Crippen MR) is 104 cm³/mol. The van der Waals surface area contributed by atoms with E-state index in [1.165, 1.54) is 34.1 Å². The number of cyclic esters (lactones) is 2. The molecule has 0 aliphatic carbocycles. The maximum atomic E-state index is 12.6. The summed E-state index contributed by atoms with van der Waals surface area (Å²) >= 11 is 0. The standard InChI is InChI=1S/C21H26O9/c1-6-27-20(24)28-9-7-8-16(13-10-14(25-4)12-15(11-13)26-5)17-18(22)29-21(2,3)30-19(17)23/h7-8,10-12,16-17H,6,9H2,1-5H3/b8-7+. The zero-order chi connectivity index (χ0) is 22.3. The lowest BCUT2D eigenvalue weighted by molar-refractivity contribution is -0.240. The number of methoxy groups -OCH3 is 2. The third kappa shape index (κ3) is 5.88. The first kappa shape index (κ1) is 23.1. The number of carbonyl (C=O) groups is 3. The number of rotatable bonds is 8. The fourth-order valence-corrected chi connectivity index (χ4v) is 2.94. The molecule has 1 aromatic carbocycles. The first-order valence-corrected chi connectivity index (χ1v) is 9.35. The third-order valence-electron chi connectivity index (χ3n) is 4.22. The molecular weight excluding hydrogens is 396 g/mol. The van der Waals surface area contributed by atoms with Gasteiger partial charge in [-0.1, -0.05) is 12.2 Å². The van der Waals surface area contributed by atoms with E-state index in [1.54, 1.807) is 31.2 Å². The molecule has 9 nitrogen and oxygen atoms in total. The summed E-state index contributed by atoms with van der Waals surface area (Å²) in [6, 6.07) is 5.00. The summed E-state index contributed by atoms with van der Waals surface area (Å²) in [7, 11) is 2.98. The second-order valence-corrected chi connectivity index (χ2v) is 6.81. The Bertz CT molecular complexity index is 770. The summed E-state index contributed by atoms with van der Waals surface area (Å²) in [6.45, 7) is 4.69. The van der Waals surface area contributed by atoms with Gasteiger partial charge < -0.3 is 28.4 Å². The average Bonchev–Trinajstić information content (AvgIpc) is 2.68. The van der Waals surface area contributed by atoms with Gasteiger partial charge in [-0.25, -0.2) is 4.79 Å². The van der Waals surface area contributed by atoms with Gasteiger partial charge in [0.05, 0.1) is 20.8 Å². The van der Waals surface area contributed by atoms with Crippen LogP contribution in [0.1, 0.15) is 32.3 Å². The van der Waals surface area contributed by atoms with Gasteiger partial charge in [0, 0.05) is 25.8 Å². The Balaban J connectivity index is 2.37. The highest BCUT2D eigenvalue weighted by Gasteiger charge is 2.47. The van der Waals surface area contributed by atoms with Gasteiger partial charge in [0.15, 0.2) is 5.92 Å². The Hall–Kier alpha value is -3.23. The van der Waals surface area contributed by atoms with Crippen LogP contribution in [0.5, 0.6) is 11.5 Å². The maximum absolute atomic E-state index is 12.6. The Labute approximate surface area is 174 Å². The van der Waals surface area contributed by atoms with Crippen LogP contribution in [0.2, 0.25) is 0 Å².